The van der Waals surface area contributed by atoms with Crippen molar-refractivity contribution in [2.24, 2.45) is 0 Å². The highest BCUT2D eigenvalue weighted by Gasteiger charge is 2.30. The van der Waals surface area contributed by atoms with E-state index in [1.807, 2.05) is 25.1 Å². The normalized spacial score (nSPS) is 12.9. The number of esters is 1. The zero-order valence-corrected chi connectivity index (χ0v) is 13.6. The third-order valence-electron chi connectivity index (χ3n) is 3.38. The molecule has 0 aliphatic carbocycles. The highest BCUT2D eigenvalue weighted by atomic mass is 16.5. The van der Waals surface area contributed by atoms with Crippen LogP contribution in [0.2, 0.25) is 0 Å². The molecule has 1 rings (SSSR count). The fourth-order valence-electron chi connectivity index (χ4n) is 2.27. The minimum atomic E-state index is -0.754. The first-order chi connectivity index (χ1) is 9.85. The number of methoxy groups -OCH3 is 3. The summed E-state index contributed by atoms with van der Waals surface area (Å²) in [6.45, 7) is 6.08. The van der Waals surface area contributed by atoms with E-state index in [0.29, 0.717) is 6.61 Å². The van der Waals surface area contributed by atoms with Crippen LogP contribution in [-0.4, -0.2) is 32.8 Å². The average molecular weight is 295 g/mol. The number of ether oxygens (including phenoxy) is 3. The van der Waals surface area contributed by atoms with Gasteiger partial charge in [-0.05, 0) is 38.5 Å². The molecule has 1 N–H and O–H groups in total. The maximum Gasteiger partial charge on any atom is 0.325 e. The Morgan fingerprint density at radius 1 is 1.29 bits per heavy atom. The summed E-state index contributed by atoms with van der Waals surface area (Å²) in [4.78, 5) is 11.7. The highest BCUT2D eigenvalue weighted by molar-refractivity contribution is 5.79. The van der Waals surface area contributed by atoms with Gasteiger partial charge in [-0.2, -0.15) is 0 Å². The van der Waals surface area contributed by atoms with Crippen molar-refractivity contribution in [1.82, 2.24) is 5.32 Å². The molecule has 0 amide bonds. The Hall–Kier alpha value is -1.59. The Morgan fingerprint density at radius 2 is 1.95 bits per heavy atom. The van der Waals surface area contributed by atoms with Gasteiger partial charge in [-0.1, -0.05) is 6.07 Å². The minimum absolute atomic E-state index is 0.0133. The Labute approximate surface area is 126 Å². The van der Waals surface area contributed by atoms with Gasteiger partial charge in [-0.25, -0.2) is 0 Å². The lowest BCUT2D eigenvalue weighted by molar-refractivity contribution is -0.147. The van der Waals surface area contributed by atoms with E-state index in [0.717, 1.165) is 16.9 Å². The Bertz CT molecular complexity index is 485. The molecule has 0 aliphatic rings. The molecule has 0 aromatic heterocycles. The Morgan fingerprint density at radius 3 is 2.48 bits per heavy atom. The summed E-state index contributed by atoms with van der Waals surface area (Å²) in [6, 6.07) is 5.89. The molecule has 0 bridgehead atoms. The number of carbonyl (C=O) groups is 1. The zero-order chi connectivity index (χ0) is 16.0. The molecule has 118 valence electrons. The lowest BCUT2D eigenvalue weighted by atomic mass is 9.99. The van der Waals surface area contributed by atoms with Crippen LogP contribution < -0.4 is 10.1 Å². The van der Waals surface area contributed by atoms with Crippen molar-refractivity contribution in [3.05, 3.63) is 29.3 Å². The van der Waals surface area contributed by atoms with Gasteiger partial charge in [-0.15, -0.1) is 0 Å². The van der Waals surface area contributed by atoms with Crippen molar-refractivity contribution in [1.29, 1.82) is 0 Å². The van der Waals surface area contributed by atoms with E-state index in [-0.39, 0.29) is 12.0 Å². The molecule has 0 heterocycles. The molecule has 0 saturated carbocycles. The summed E-state index contributed by atoms with van der Waals surface area (Å²) in [7, 11) is 4.67. The SMILES string of the molecule is COCc1cc(C(C)NC(C)(C)C(=O)OC)ccc1OC. The predicted octanol–water partition coefficient (Wildman–Crippen LogP) is 2.44. The van der Waals surface area contributed by atoms with Crippen molar-refractivity contribution >= 4 is 5.97 Å². The molecule has 1 unspecified atom stereocenters. The molecule has 5 heteroatoms. The molecule has 0 spiro atoms. The molecule has 1 aromatic rings. The molecule has 5 nitrogen and oxygen atoms in total. The van der Waals surface area contributed by atoms with Gasteiger partial charge in [0.15, 0.2) is 0 Å². The van der Waals surface area contributed by atoms with Crippen LogP contribution in [0.5, 0.6) is 5.75 Å². The summed E-state index contributed by atoms with van der Waals surface area (Å²) >= 11 is 0. The van der Waals surface area contributed by atoms with E-state index in [9.17, 15) is 4.79 Å². The van der Waals surface area contributed by atoms with E-state index >= 15 is 0 Å². The molecule has 1 aromatic carbocycles. The van der Waals surface area contributed by atoms with E-state index < -0.39 is 5.54 Å². The van der Waals surface area contributed by atoms with Crippen molar-refractivity contribution in [3.8, 4) is 5.75 Å². The molecule has 21 heavy (non-hydrogen) atoms. The van der Waals surface area contributed by atoms with Crippen LogP contribution in [0.3, 0.4) is 0 Å². The summed E-state index contributed by atoms with van der Waals surface area (Å²) < 4.78 is 15.3. The number of nitrogens with one attached hydrogen (secondary N) is 1. The van der Waals surface area contributed by atoms with Crippen LogP contribution >= 0.6 is 0 Å². The predicted molar refractivity (Wildman–Crippen MR) is 81.4 cm³/mol. The van der Waals surface area contributed by atoms with Crippen LogP contribution in [0.1, 0.15) is 37.9 Å². The van der Waals surface area contributed by atoms with E-state index in [1.54, 1.807) is 28.1 Å². The van der Waals surface area contributed by atoms with Gasteiger partial charge in [0, 0.05) is 18.7 Å². The molecule has 0 saturated heterocycles. The highest BCUT2D eigenvalue weighted by Crippen LogP contribution is 2.25. The third-order valence-corrected chi connectivity index (χ3v) is 3.38. The van der Waals surface area contributed by atoms with Gasteiger partial charge in [0.25, 0.3) is 0 Å². The fourth-order valence-corrected chi connectivity index (χ4v) is 2.27. The van der Waals surface area contributed by atoms with Crippen molar-refractivity contribution < 1.29 is 19.0 Å². The maximum atomic E-state index is 11.7. The monoisotopic (exact) mass is 295 g/mol. The van der Waals surface area contributed by atoms with Gasteiger partial charge >= 0.3 is 5.97 Å². The first-order valence-corrected chi connectivity index (χ1v) is 6.87. The summed E-state index contributed by atoms with van der Waals surface area (Å²) in [5.41, 5.74) is 1.28. The molecular weight excluding hydrogens is 270 g/mol. The van der Waals surface area contributed by atoms with Crippen LogP contribution in [-0.2, 0) is 20.9 Å². The van der Waals surface area contributed by atoms with Crippen LogP contribution in [0.15, 0.2) is 18.2 Å². The van der Waals surface area contributed by atoms with Gasteiger partial charge < -0.3 is 14.2 Å². The molecule has 0 fully saturated rings. The largest absolute Gasteiger partial charge is 0.496 e. The Kier molecular flexibility index (Phi) is 6.18. The standard InChI is InChI=1S/C16H25NO4/c1-11(17-16(2,3)15(18)21-6)12-7-8-14(20-5)13(9-12)10-19-4/h7-9,11,17H,10H2,1-6H3. The smallest absolute Gasteiger partial charge is 0.325 e. The van der Waals surface area contributed by atoms with Gasteiger partial charge in [0.2, 0.25) is 0 Å². The first-order valence-electron chi connectivity index (χ1n) is 6.87. The topological polar surface area (TPSA) is 56.8 Å². The maximum absolute atomic E-state index is 11.7. The van der Waals surface area contributed by atoms with Gasteiger partial charge in [-0.3, -0.25) is 10.1 Å². The summed E-state index contributed by atoms with van der Waals surface area (Å²) in [6.07, 6.45) is 0. The quantitative estimate of drug-likeness (QED) is 0.783. The van der Waals surface area contributed by atoms with Gasteiger partial charge in [0.1, 0.15) is 11.3 Å². The van der Waals surface area contributed by atoms with Gasteiger partial charge in [0.05, 0.1) is 20.8 Å². The number of carbonyl (C=O) groups excluding carboxylic acids is 1. The van der Waals surface area contributed by atoms with Crippen LogP contribution in [0.4, 0.5) is 0 Å². The number of hydrogen-bond acceptors (Lipinski definition) is 5. The molecular formula is C16H25NO4. The second kappa shape index (κ2) is 7.43. The van der Waals surface area contributed by atoms with Crippen LogP contribution in [0, 0.1) is 0 Å². The molecule has 0 aliphatic heterocycles. The first kappa shape index (κ1) is 17.5. The van der Waals surface area contributed by atoms with Crippen molar-refractivity contribution in [2.75, 3.05) is 21.3 Å². The molecule has 1 atom stereocenters. The molecule has 0 radical (unpaired) electrons. The lowest BCUT2D eigenvalue weighted by Gasteiger charge is -2.28. The van der Waals surface area contributed by atoms with Crippen LogP contribution in [0.25, 0.3) is 0 Å². The second-order valence-corrected chi connectivity index (χ2v) is 5.49. The summed E-state index contributed by atoms with van der Waals surface area (Å²) in [5, 5.41) is 3.27. The number of hydrogen-bond donors (Lipinski definition) is 1. The summed E-state index contributed by atoms with van der Waals surface area (Å²) in [5.74, 6) is 0.500. The fraction of sp³-hybridized carbons (Fsp3) is 0.562. The lowest BCUT2D eigenvalue weighted by Crippen LogP contribution is -2.48. The van der Waals surface area contributed by atoms with E-state index in [1.165, 1.54) is 7.11 Å². The Balaban J connectivity index is 2.94. The minimum Gasteiger partial charge on any atom is -0.496 e. The van der Waals surface area contributed by atoms with E-state index in [2.05, 4.69) is 5.32 Å². The second-order valence-electron chi connectivity index (χ2n) is 5.49. The number of rotatable bonds is 7. The van der Waals surface area contributed by atoms with Crippen molar-refractivity contribution in [3.63, 3.8) is 0 Å². The number of benzene rings is 1. The zero-order valence-electron chi connectivity index (χ0n) is 13.6. The third kappa shape index (κ3) is 4.44. The van der Waals surface area contributed by atoms with Crippen molar-refractivity contribution in [2.45, 2.75) is 39.0 Å². The van der Waals surface area contributed by atoms with E-state index in [4.69, 9.17) is 14.2 Å². The average Bonchev–Trinajstić information content (AvgIpc) is 2.46.